The molecule has 0 heterocycles. The number of rotatable bonds is 3. The second-order valence-corrected chi connectivity index (χ2v) is 3.45. The molecule has 2 aromatic carbocycles. The Morgan fingerprint density at radius 2 is 1.59 bits per heavy atom. The maximum Gasteiger partial charge on any atom is 0.373 e. The fourth-order valence-electron chi connectivity index (χ4n) is 1.65. The first-order valence-electron chi connectivity index (χ1n) is 5.22. The van der Waals surface area contributed by atoms with E-state index in [2.05, 4.69) is 9.78 Å². The monoisotopic (exact) mass is 228 g/mol. The summed E-state index contributed by atoms with van der Waals surface area (Å²) in [4.78, 5) is 20.6. The molecule has 0 amide bonds. The standard InChI is InChI=1S/C14H12O3/c1-16-17-14(15)13-10-6-5-9-12(13)11-7-3-2-4-8-11/h2-10H,1H3. The lowest BCUT2D eigenvalue weighted by molar-refractivity contribution is -0.216. The molecule has 0 spiro atoms. The van der Waals surface area contributed by atoms with Crippen LogP contribution < -0.4 is 0 Å². The van der Waals surface area contributed by atoms with E-state index >= 15 is 0 Å². The zero-order valence-corrected chi connectivity index (χ0v) is 9.42. The van der Waals surface area contributed by atoms with E-state index in [1.54, 1.807) is 12.1 Å². The average Bonchev–Trinajstić information content (AvgIpc) is 2.40. The highest BCUT2D eigenvalue weighted by atomic mass is 17.2. The van der Waals surface area contributed by atoms with Gasteiger partial charge in [0, 0.05) is 0 Å². The molecule has 0 aliphatic rings. The molecule has 0 aliphatic carbocycles. The van der Waals surface area contributed by atoms with Gasteiger partial charge in [-0.05, 0) is 17.2 Å². The highest BCUT2D eigenvalue weighted by molar-refractivity contribution is 5.96. The van der Waals surface area contributed by atoms with Crippen molar-refractivity contribution in [1.29, 1.82) is 0 Å². The van der Waals surface area contributed by atoms with E-state index in [4.69, 9.17) is 0 Å². The fraction of sp³-hybridized carbons (Fsp3) is 0.0714. The molecule has 0 unspecified atom stereocenters. The SMILES string of the molecule is COOC(=O)c1ccccc1-c1ccccc1. The Bertz CT molecular complexity index is 506. The molecule has 0 aromatic heterocycles. The van der Waals surface area contributed by atoms with Gasteiger partial charge in [0.15, 0.2) is 0 Å². The van der Waals surface area contributed by atoms with E-state index < -0.39 is 5.97 Å². The van der Waals surface area contributed by atoms with Gasteiger partial charge in [-0.1, -0.05) is 48.5 Å². The van der Waals surface area contributed by atoms with Gasteiger partial charge >= 0.3 is 5.97 Å². The number of carbonyl (C=O) groups excluding carboxylic acids is 1. The normalized spacial score (nSPS) is 9.94. The van der Waals surface area contributed by atoms with Crippen LogP contribution in [-0.4, -0.2) is 13.1 Å². The molecular weight excluding hydrogens is 216 g/mol. The van der Waals surface area contributed by atoms with Crippen molar-refractivity contribution in [3.05, 3.63) is 60.2 Å². The van der Waals surface area contributed by atoms with E-state index in [0.717, 1.165) is 11.1 Å². The Balaban J connectivity index is 2.45. The Labute approximate surface area is 99.5 Å². The Morgan fingerprint density at radius 3 is 2.29 bits per heavy atom. The summed E-state index contributed by atoms with van der Waals surface area (Å²) in [5, 5.41) is 0. The third-order valence-corrected chi connectivity index (χ3v) is 2.39. The molecule has 2 aromatic rings. The maximum absolute atomic E-state index is 11.7. The quantitative estimate of drug-likeness (QED) is 0.598. The van der Waals surface area contributed by atoms with Crippen LogP contribution in [0.3, 0.4) is 0 Å². The number of hydrogen-bond donors (Lipinski definition) is 0. The molecule has 17 heavy (non-hydrogen) atoms. The smallest absolute Gasteiger partial charge is 0.293 e. The van der Waals surface area contributed by atoms with Gasteiger partial charge in [-0.15, -0.1) is 0 Å². The molecule has 0 fully saturated rings. The lowest BCUT2D eigenvalue weighted by Crippen LogP contribution is -2.05. The highest BCUT2D eigenvalue weighted by Gasteiger charge is 2.13. The number of carbonyl (C=O) groups is 1. The van der Waals surface area contributed by atoms with Crippen LogP contribution in [0.15, 0.2) is 54.6 Å². The molecule has 0 aliphatic heterocycles. The summed E-state index contributed by atoms with van der Waals surface area (Å²) in [6.07, 6.45) is 0. The minimum atomic E-state index is -0.494. The van der Waals surface area contributed by atoms with E-state index in [-0.39, 0.29) is 0 Å². The van der Waals surface area contributed by atoms with Crippen molar-refractivity contribution in [1.82, 2.24) is 0 Å². The average molecular weight is 228 g/mol. The summed E-state index contributed by atoms with van der Waals surface area (Å²) >= 11 is 0. The van der Waals surface area contributed by atoms with Gasteiger partial charge < -0.3 is 0 Å². The Kier molecular flexibility index (Phi) is 3.52. The van der Waals surface area contributed by atoms with Crippen molar-refractivity contribution in [2.24, 2.45) is 0 Å². The topological polar surface area (TPSA) is 35.5 Å². The second-order valence-electron chi connectivity index (χ2n) is 3.45. The van der Waals surface area contributed by atoms with E-state index in [9.17, 15) is 4.79 Å². The largest absolute Gasteiger partial charge is 0.373 e. The Hall–Kier alpha value is -2.13. The van der Waals surface area contributed by atoms with Gasteiger partial charge in [0.2, 0.25) is 0 Å². The minimum absolute atomic E-state index is 0.487. The lowest BCUT2D eigenvalue weighted by Gasteiger charge is -2.07. The van der Waals surface area contributed by atoms with Gasteiger partial charge in [0.05, 0.1) is 12.7 Å². The molecule has 2 rings (SSSR count). The van der Waals surface area contributed by atoms with Crippen molar-refractivity contribution >= 4 is 5.97 Å². The van der Waals surface area contributed by atoms with Gasteiger partial charge in [0.25, 0.3) is 0 Å². The molecule has 0 radical (unpaired) electrons. The molecule has 0 bridgehead atoms. The van der Waals surface area contributed by atoms with Crippen molar-refractivity contribution in [3.63, 3.8) is 0 Å². The first-order valence-corrected chi connectivity index (χ1v) is 5.22. The van der Waals surface area contributed by atoms with E-state index in [1.165, 1.54) is 7.11 Å². The summed E-state index contributed by atoms with van der Waals surface area (Å²) in [6, 6.07) is 16.9. The second kappa shape index (κ2) is 5.27. The van der Waals surface area contributed by atoms with Crippen LogP contribution in [0.1, 0.15) is 10.4 Å². The molecule has 3 nitrogen and oxygen atoms in total. The van der Waals surface area contributed by atoms with Crippen LogP contribution in [0.2, 0.25) is 0 Å². The molecule has 3 heteroatoms. The van der Waals surface area contributed by atoms with Crippen LogP contribution in [0.4, 0.5) is 0 Å². The van der Waals surface area contributed by atoms with Crippen molar-refractivity contribution in [2.75, 3.05) is 7.11 Å². The summed E-state index contributed by atoms with van der Waals surface area (Å²) in [6.45, 7) is 0. The summed E-state index contributed by atoms with van der Waals surface area (Å²) in [5.74, 6) is -0.494. The number of hydrogen-bond acceptors (Lipinski definition) is 3. The van der Waals surface area contributed by atoms with Crippen LogP contribution in [0.25, 0.3) is 11.1 Å². The molecule has 0 saturated heterocycles. The molecule has 0 N–H and O–H groups in total. The van der Waals surface area contributed by atoms with Crippen LogP contribution >= 0.6 is 0 Å². The first kappa shape index (κ1) is 11.4. The summed E-state index contributed by atoms with van der Waals surface area (Å²) in [7, 11) is 1.31. The molecular formula is C14H12O3. The summed E-state index contributed by atoms with van der Waals surface area (Å²) < 4.78 is 0. The van der Waals surface area contributed by atoms with Gasteiger partial charge in [-0.3, -0.25) is 4.89 Å². The van der Waals surface area contributed by atoms with E-state index in [1.807, 2.05) is 42.5 Å². The predicted octanol–water partition coefficient (Wildman–Crippen LogP) is 3.07. The summed E-state index contributed by atoms with van der Waals surface area (Å²) in [5.41, 5.74) is 2.28. The van der Waals surface area contributed by atoms with Crippen molar-refractivity contribution in [2.45, 2.75) is 0 Å². The van der Waals surface area contributed by atoms with Crippen LogP contribution in [-0.2, 0) is 9.78 Å². The third kappa shape index (κ3) is 2.52. The zero-order chi connectivity index (χ0) is 12.1. The molecule has 86 valence electrons. The number of benzene rings is 2. The minimum Gasteiger partial charge on any atom is -0.293 e. The van der Waals surface area contributed by atoms with Gasteiger partial charge in [-0.25, -0.2) is 4.79 Å². The Morgan fingerprint density at radius 1 is 0.941 bits per heavy atom. The van der Waals surface area contributed by atoms with E-state index in [0.29, 0.717) is 5.56 Å². The van der Waals surface area contributed by atoms with Crippen LogP contribution in [0.5, 0.6) is 0 Å². The fourth-order valence-corrected chi connectivity index (χ4v) is 1.65. The van der Waals surface area contributed by atoms with Crippen LogP contribution in [0, 0.1) is 0 Å². The maximum atomic E-state index is 11.7. The molecule has 0 atom stereocenters. The molecule has 0 saturated carbocycles. The zero-order valence-electron chi connectivity index (χ0n) is 9.42. The van der Waals surface area contributed by atoms with Crippen molar-refractivity contribution in [3.8, 4) is 11.1 Å². The first-order chi connectivity index (χ1) is 8.33. The third-order valence-electron chi connectivity index (χ3n) is 2.39. The highest BCUT2D eigenvalue weighted by Crippen LogP contribution is 2.23. The van der Waals surface area contributed by atoms with Crippen molar-refractivity contribution < 1.29 is 14.6 Å². The van der Waals surface area contributed by atoms with Gasteiger partial charge in [0.1, 0.15) is 0 Å². The lowest BCUT2D eigenvalue weighted by atomic mass is 10.00. The van der Waals surface area contributed by atoms with Gasteiger partial charge in [-0.2, -0.15) is 4.89 Å². The predicted molar refractivity (Wildman–Crippen MR) is 64.3 cm³/mol.